The van der Waals surface area contributed by atoms with Crippen LogP contribution in [0.4, 0.5) is 0 Å². The summed E-state index contributed by atoms with van der Waals surface area (Å²) in [5.74, 6) is 0. The van der Waals surface area contributed by atoms with Gasteiger partial charge in [-0.3, -0.25) is 4.79 Å². The summed E-state index contributed by atoms with van der Waals surface area (Å²) >= 11 is 0. The van der Waals surface area contributed by atoms with Crippen LogP contribution in [0.2, 0.25) is 0 Å². The second kappa shape index (κ2) is 7.59. The molecule has 0 atom stereocenters. The Morgan fingerprint density at radius 1 is 0.545 bits per heavy atom. The topological polar surface area (TPSA) is 17.1 Å². The van der Waals surface area contributed by atoms with Gasteiger partial charge >= 0.3 is 0 Å². The smallest absolute Gasteiger partial charge is 0.255 e. The third kappa shape index (κ3) is 2.95. The Bertz CT molecular complexity index is 618. The van der Waals surface area contributed by atoms with E-state index in [1.165, 1.54) is 0 Å². The average molecular weight is 392 g/mol. The molecular weight excluding hydrogens is 376 g/mol. The Kier molecular flexibility index (Phi) is 5.78. The summed E-state index contributed by atoms with van der Waals surface area (Å²) in [5, 5.41) is 3.28. The summed E-state index contributed by atoms with van der Waals surface area (Å²) in [5.41, 5.74) is 0. The SMILES string of the molecule is O=C[P+](c1ccccc1)(c1ccccc1)c1ccccc1.[Ru]. The van der Waals surface area contributed by atoms with E-state index in [1.54, 1.807) is 0 Å². The Balaban J connectivity index is 0.00000176. The molecule has 0 saturated carbocycles. The predicted octanol–water partition coefficient (Wildman–Crippen LogP) is 3.17. The van der Waals surface area contributed by atoms with Crippen LogP contribution in [-0.2, 0) is 24.3 Å². The first-order chi connectivity index (χ1) is 10.4. The van der Waals surface area contributed by atoms with Gasteiger partial charge in [-0.1, -0.05) is 54.6 Å². The number of rotatable bonds is 4. The van der Waals surface area contributed by atoms with Crippen LogP contribution in [-0.4, -0.2) is 6.03 Å². The third-order valence-electron chi connectivity index (χ3n) is 3.65. The maximum atomic E-state index is 12.3. The minimum absolute atomic E-state index is 0. The molecule has 3 aromatic rings. The molecule has 0 aromatic heterocycles. The Hall–Kier alpha value is -1.62. The third-order valence-corrected chi connectivity index (χ3v) is 7.30. The summed E-state index contributed by atoms with van der Waals surface area (Å²) in [6.45, 7) is 0. The molecule has 0 unspecified atom stereocenters. The van der Waals surface area contributed by atoms with Gasteiger partial charge in [0.2, 0.25) is 0 Å². The normalized spacial score (nSPS) is 10.5. The van der Waals surface area contributed by atoms with Gasteiger partial charge in [0.05, 0.1) is 0 Å². The van der Waals surface area contributed by atoms with Gasteiger partial charge in [-0.25, -0.2) is 0 Å². The molecule has 0 bridgehead atoms. The average Bonchev–Trinajstić information content (AvgIpc) is 2.59. The fraction of sp³-hybridized carbons (Fsp3) is 0. The van der Waals surface area contributed by atoms with E-state index in [4.69, 9.17) is 0 Å². The number of hydrogen-bond donors (Lipinski definition) is 0. The molecule has 0 spiro atoms. The molecular formula is C19H16OPRu+. The van der Waals surface area contributed by atoms with Gasteiger partial charge in [0, 0.05) is 19.5 Å². The van der Waals surface area contributed by atoms with Crippen molar-refractivity contribution in [2.45, 2.75) is 0 Å². The van der Waals surface area contributed by atoms with Crippen LogP contribution in [0.3, 0.4) is 0 Å². The quantitative estimate of drug-likeness (QED) is 0.379. The fourth-order valence-electron chi connectivity index (χ4n) is 2.62. The van der Waals surface area contributed by atoms with Gasteiger partial charge in [0.25, 0.3) is 6.03 Å². The second-order valence-electron chi connectivity index (χ2n) is 4.83. The molecule has 3 rings (SSSR count). The van der Waals surface area contributed by atoms with Gasteiger partial charge in [-0.05, 0) is 36.4 Å². The minimum atomic E-state index is -2.21. The maximum Gasteiger partial charge on any atom is 0.271 e. The first-order valence-corrected chi connectivity index (χ1v) is 8.75. The molecule has 3 heteroatoms. The van der Waals surface area contributed by atoms with Crippen LogP contribution in [0.1, 0.15) is 0 Å². The first-order valence-electron chi connectivity index (χ1n) is 6.90. The summed E-state index contributed by atoms with van der Waals surface area (Å²) in [4.78, 5) is 12.3. The summed E-state index contributed by atoms with van der Waals surface area (Å²) < 4.78 is 0. The number of hydrogen-bond acceptors (Lipinski definition) is 1. The van der Waals surface area contributed by atoms with Crippen LogP contribution in [0.5, 0.6) is 0 Å². The molecule has 110 valence electrons. The monoisotopic (exact) mass is 393 g/mol. The zero-order chi connectivity index (χ0) is 14.5. The van der Waals surface area contributed by atoms with E-state index in [0.29, 0.717) is 0 Å². The van der Waals surface area contributed by atoms with Crippen molar-refractivity contribution in [3.05, 3.63) is 91.0 Å². The van der Waals surface area contributed by atoms with E-state index in [1.807, 2.05) is 54.6 Å². The second-order valence-corrected chi connectivity index (χ2v) is 8.04. The predicted molar refractivity (Wildman–Crippen MR) is 91.9 cm³/mol. The molecule has 22 heavy (non-hydrogen) atoms. The molecule has 0 radical (unpaired) electrons. The van der Waals surface area contributed by atoms with Gasteiger partial charge in [0.15, 0.2) is 7.26 Å². The number of carbonyl (C=O) groups excluding carboxylic acids is 1. The molecule has 3 aromatic carbocycles. The molecule has 0 aliphatic rings. The maximum absolute atomic E-state index is 12.3. The summed E-state index contributed by atoms with van der Waals surface area (Å²) in [6, 6.07) is 31.5. The van der Waals surface area contributed by atoms with Gasteiger partial charge in [-0.2, -0.15) is 0 Å². The molecule has 0 saturated heterocycles. The van der Waals surface area contributed by atoms with Crippen LogP contribution < -0.4 is 15.9 Å². The van der Waals surface area contributed by atoms with E-state index in [-0.39, 0.29) is 19.5 Å². The van der Waals surface area contributed by atoms with Crippen molar-refractivity contribution >= 4 is 29.2 Å². The first kappa shape index (κ1) is 16.7. The van der Waals surface area contributed by atoms with E-state index in [9.17, 15) is 4.79 Å². The molecule has 0 aliphatic heterocycles. The Morgan fingerprint density at radius 3 is 1.05 bits per heavy atom. The van der Waals surface area contributed by atoms with Crippen molar-refractivity contribution in [1.82, 2.24) is 0 Å². The van der Waals surface area contributed by atoms with Gasteiger partial charge in [-0.15, -0.1) is 0 Å². The molecule has 0 N–H and O–H groups in total. The fourth-order valence-corrected chi connectivity index (χ4v) is 5.81. The largest absolute Gasteiger partial charge is 0.271 e. The van der Waals surface area contributed by atoms with Crippen LogP contribution in [0.15, 0.2) is 91.0 Å². The molecule has 0 amide bonds. The van der Waals surface area contributed by atoms with Crippen molar-refractivity contribution in [1.29, 1.82) is 0 Å². The summed E-state index contributed by atoms with van der Waals surface area (Å²) in [7, 11) is -2.21. The van der Waals surface area contributed by atoms with E-state index < -0.39 is 7.26 Å². The standard InChI is InChI=1S/C19H16OP.Ru/c20-16-21(17-10-4-1-5-11-17,18-12-6-2-7-13-18)19-14-8-3-9-15-19;/h1-16H;/q+1;. The van der Waals surface area contributed by atoms with Crippen molar-refractivity contribution in [2.75, 3.05) is 0 Å². The number of carbonyl (C=O) groups is 1. The molecule has 0 fully saturated rings. The van der Waals surface area contributed by atoms with Crippen LogP contribution in [0, 0.1) is 0 Å². The zero-order valence-electron chi connectivity index (χ0n) is 11.9. The molecule has 0 heterocycles. The van der Waals surface area contributed by atoms with E-state index in [0.717, 1.165) is 21.9 Å². The van der Waals surface area contributed by atoms with Crippen LogP contribution in [0.25, 0.3) is 0 Å². The Labute approximate surface area is 144 Å². The minimum Gasteiger partial charge on any atom is -0.255 e. The van der Waals surface area contributed by atoms with E-state index in [2.05, 4.69) is 36.4 Å². The zero-order valence-corrected chi connectivity index (χ0v) is 14.6. The van der Waals surface area contributed by atoms with Gasteiger partial charge in [0.1, 0.15) is 15.9 Å². The molecule has 1 nitrogen and oxygen atoms in total. The van der Waals surface area contributed by atoms with Gasteiger partial charge < -0.3 is 0 Å². The summed E-state index contributed by atoms with van der Waals surface area (Å²) in [6.07, 6.45) is 0. The van der Waals surface area contributed by atoms with Crippen molar-refractivity contribution < 1.29 is 24.3 Å². The van der Waals surface area contributed by atoms with Crippen LogP contribution >= 0.6 is 7.26 Å². The molecule has 0 aliphatic carbocycles. The Morgan fingerprint density at radius 2 is 0.818 bits per heavy atom. The van der Waals surface area contributed by atoms with Crippen molar-refractivity contribution in [2.24, 2.45) is 0 Å². The van der Waals surface area contributed by atoms with Crippen molar-refractivity contribution in [3.63, 3.8) is 0 Å². The number of benzene rings is 3. The van der Waals surface area contributed by atoms with Crippen molar-refractivity contribution in [3.8, 4) is 0 Å². The van der Waals surface area contributed by atoms with E-state index >= 15 is 0 Å².